The molecule has 172 valence electrons. The van der Waals surface area contributed by atoms with E-state index in [2.05, 4.69) is 48.3 Å². The van der Waals surface area contributed by atoms with Crippen molar-refractivity contribution in [1.29, 1.82) is 5.26 Å². The summed E-state index contributed by atoms with van der Waals surface area (Å²) in [6.07, 6.45) is 15.3. The van der Waals surface area contributed by atoms with Crippen LogP contribution in [0.1, 0.15) is 100 Å². The first-order valence-electron chi connectivity index (χ1n) is 12.7. The van der Waals surface area contributed by atoms with Crippen LogP contribution in [-0.4, -0.2) is 18.7 Å². The Morgan fingerprint density at radius 3 is 2.41 bits per heavy atom. The van der Waals surface area contributed by atoms with Gasteiger partial charge >= 0.3 is 0 Å². The minimum absolute atomic E-state index is 0.494. The van der Waals surface area contributed by atoms with Gasteiger partial charge in [0, 0.05) is 19.3 Å². The third-order valence-corrected chi connectivity index (χ3v) is 7.11. The van der Waals surface area contributed by atoms with E-state index in [4.69, 9.17) is 4.74 Å². The lowest BCUT2D eigenvalue weighted by molar-refractivity contribution is 0.192. The van der Waals surface area contributed by atoms with Crippen molar-refractivity contribution >= 4 is 0 Å². The number of hydrogen-bond donors (Lipinski definition) is 0. The maximum Gasteiger partial charge on any atom is 0.141 e. The predicted molar refractivity (Wildman–Crippen MR) is 133 cm³/mol. The fraction of sp³-hybridized carbons (Fsp3) is 0.586. The van der Waals surface area contributed by atoms with Crippen LogP contribution in [0, 0.1) is 17.2 Å². The lowest BCUT2D eigenvalue weighted by Gasteiger charge is -2.29. The first kappa shape index (κ1) is 24.5. The van der Waals surface area contributed by atoms with Crippen LogP contribution in [0.25, 0.3) is 11.3 Å². The number of pyridine rings is 1. The lowest BCUT2D eigenvalue weighted by Crippen LogP contribution is -2.13. The summed E-state index contributed by atoms with van der Waals surface area (Å²) in [4.78, 5) is 4.68. The Morgan fingerprint density at radius 1 is 0.938 bits per heavy atom. The second-order valence-corrected chi connectivity index (χ2v) is 9.45. The zero-order chi connectivity index (χ0) is 22.6. The summed E-state index contributed by atoms with van der Waals surface area (Å²) in [5.41, 5.74) is 5.31. The molecule has 3 rings (SSSR count). The first-order chi connectivity index (χ1) is 15.7. The molecule has 0 N–H and O–H groups in total. The molecule has 0 radical (unpaired) electrons. The third kappa shape index (κ3) is 7.17. The predicted octanol–water partition coefficient (Wildman–Crippen LogP) is 7.83. The van der Waals surface area contributed by atoms with Crippen LogP contribution in [0.15, 0.2) is 36.4 Å². The highest BCUT2D eigenvalue weighted by Crippen LogP contribution is 2.38. The highest BCUT2D eigenvalue weighted by atomic mass is 16.5. The quantitative estimate of drug-likeness (QED) is 0.321. The highest BCUT2D eigenvalue weighted by molar-refractivity contribution is 5.64. The number of hydrogen-bond acceptors (Lipinski definition) is 3. The molecule has 0 spiro atoms. The summed E-state index contributed by atoms with van der Waals surface area (Å²) in [5.74, 6) is 1.64. The summed E-state index contributed by atoms with van der Waals surface area (Å²) in [6.45, 7) is 3.11. The van der Waals surface area contributed by atoms with Crippen molar-refractivity contribution in [3.05, 3.63) is 53.2 Å². The topological polar surface area (TPSA) is 45.9 Å². The van der Waals surface area contributed by atoms with E-state index in [1.165, 1.54) is 62.5 Å². The van der Waals surface area contributed by atoms with Crippen molar-refractivity contribution in [2.75, 3.05) is 13.7 Å². The average Bonchev–Trinajstić information content (AvgIpc) is 2.85. The summed E-state index contributed by atoms with van der Waals surface area (Å²) in [6, 6.07) is 15.2. The SMILES string of the molecule is CCCCCC1CCC(c2ccc(-c3nc(C#N)ccc3CCCCCOC)cc2)CC1. The van der Waals surface area contributed by atoms with Gasteiger partial charge in [0.2, 0.25) is 0 Å². The zero-order valence-corrected chi connectivity index (χ0v) is 20.1. The second-order valence-electron chi connectivity index (χ2n) is 9.45. The van der Waals surface area contributed by atoms with Gasteiger partial charge in [0.05, 0.1) is 5.69 Å². The van der Waals surface area contributed by atoms with Crippen LogP contribution in [-0.2, 0) is 11.2 Å². The molecular formula is C29H40N2O. The molecular weight excluding hydrogens is 392 g/mol. The Labute approximate surface area is 195 Å². The number of benzene rings is 1. The Morgan fingerprint density at radius 2 is 1.72 bits per heavy atom. The molecule has 0 saturated heterocycles. The maximum atomic E-state index is 9.35. The number of aromatic nitrogens is 1. The maximum absolute atomic E-state index is 9.35. The van der Waals surface area contributed by atoms with Gasteiger partial charge in [-0.15, -0.1) is 0 Å². The average molecular weight is 433 g/mol. The number of methoxy groups -OCH3 is 1. The molecule has 1 fully saturated rings. The summed E-state index contributed by atoms with van der Waals surface area (Å²) in [5, 5.41) is 9.35. The van der Waals surface area contributed by atoms with Crippen LogP contribution in [0.2, 0.25) is 0 Å². The van der Waals surface area contributed by atoms with Gasteiger partial charge in [-0.1, -0.05) is 69.4 Å². The molecule has 3 heteroatoms. The Hall–Kier alpha value is -2.18. The van der Waals surface area contributed by atoms with Crippen molar-refractivity contribution in [3.63, 3.8) is 0 Å². The molecule has 0 unspecified atom stereocenters. The molecule has 1 saturated carbocycles. The highest BCUT2D eigenvalue weighted by Gasteiger charge is 2.22. The molecule has 0 atom stereocenters. The normalized spacial score (nSPS) is 18.4. The molecule has 1 heterocycles. The third-order valence-electron chi connectivity index (χ3n) is 7.11. The summed E-state index contributed by atoms with van der Waals surface area (Å²) >= 11 is 0. The van der Waals surface area contributed by atoms with Crippen LogP contribution < -0.4 is 0 Å². The van der Waals surface area contributed by atoms with E-state index < -0.39 is 0 Å². The molecule has 1 aromatic carbocycles. The van der Waals surface area contributed by atoms with Crippen LogP contribution in [0.4, 0.5) is 0 Å². The summed E-state index contributed by atoms with van der Waals surface area (Å²) < 4.78 is 5.16. The number of rotatable bonds is 12. The zero-order valence-electron chi connectivity index (χ0n) is 20.1. The molecule has 0 amide bonds. The molecule has 1 aliphatic carbocycles. The Balaban J connectivity index is 1.63. The minimum Gasteiger partial charge on any atom is -0.385 e. The van der Waals surface area contributed by atoms with Crippen molar-refractivity contribution in [2.24, 2.45) is 5.92 Å². The summed E-state index contributed by atoms with van der Waals surface area (Å²) in [7, 11) is 1.76. The second kappa shape index (κ2) is 13.4. The lowest BCUT2D eigenvalue weighted by atomic mass is 9.77. The van der Waals surface area contributed by atoms with E-state index >= 15 is 0 Å². The fourth-order valence-corrected chi connectivity index (χ4v) is 5.12. The van der Waals surface area contributed by atoms with Gasteiger partial charge in [-0.05, 0) is 74.0 Å². The van der Waals surface area contributed by atoms with Gasteiger partial charge in [-0.3, -0.25) is 0 Å². The van der Waals surface area contributed by atoms with E-state index in [1.807, 2.05) is 6.07 Å². The molecule has 32 heavy (non-hydrogen) atoms. The Bertz CT molecular complexity index is 844. The van der Waals surface area contributed by atoms with Gasteiger partial charge in [-0.2, -0.15) is 5.26 Å². The van der Waals surface area contributed by atoms with Gasteiger partial charge in [-0.25, -0.2) is 4.98 Å². The van der Waals surface area contributed by atoms with E-state index in [0.29, 0.717) is 11.6 Å². The molecule has 0 aliphatic heterocycles. The van der Waals surface area contributed by atoms with Crippen molar-refractivity contribution in [1.82, 2.24) is 4.98 Å². The van der Waals surface area contributed by atoms with Crippen LogP contribution in [0.3, 0.4) is 0 Å². The largest absolute Gasteiger partial charge is 0.385 e. The minimum atomic E-state index is 0.494. The van der Waals surface area contributed by atoms with E-state index in [1.54, 1.807) is 7.11 Å². The Kier molecular flexibility index (Phi) is 10.2. The van der Waals surface area contributed by atoms with Gasteiger partial charge < -0.3 is 4.74 Å². The number of ether oxygens (including phenoxy) is 1. The van der Waals surface area contributed by atoms with E-state index in [9.17, 15) is 5.26 Å². The number of aryl methyl sites for hydroxylation is 1. The van der Waals surface area contributed by atoms with Crippen LogP contribution in [0.5, 0.6) is 0 Å². The number of nitrogens with zero attached hydrogens (tertiary/aromatic N) is 2. The van der Waals surface area contributed by atoms with Crippen LogP contribution >= 0.6 is 0 Å². The molecule has 0 bridgehead atoms. The number of unbranched alkanes of at least 4 members (excludes halogenated alkanes) is 4. The van der Waals surface area contributed by atoms with Gasteiger partial charge in [0.15, 0.2) is 0 Å². The first-order valence-corrected chi connectivity index (χ1v) is 12.7. The smallest absolute Gasteiger partial charge is 0.141 e. The van der Waals surface area contributed by atoms with Crippen molar-refractivity contribution < 1.29 is 4.74 Å². The monoisotopic (exact) mass is 432 g/mol. The molecule has 1 aliphatic rings. The van der Waals surface area contributed by atoms with Crippen molar-refractivity contribution in [2.45, 2.75) is 89.9 Å². The van der Waals surface area contributed by atoms with E-state index in [0.717, 1.165) is 49.5 Å². The van der Waals surface area contributed by atoms with E-state index in [-0.39, 0.29) is 0 Å². The van der Waals surface area contributed by atoms with Crippen molar-refractivity contribution in [3.8, 4) is 17.3 Å². The fourth-order valence-electron chi connectivity index (χ4n) is 5.12. The standard InChI is InChI=1S/C29H40N2O/c1-3-4-6-9-23-11-13-24(14-12-23)25-15-17-27(18-16-25)29-26(10-7-5-8-21-32-2)19-20-28(22-30)31-29/h15-20,23-24H,3-14,21H2,1-2H3. The molecule has 1 aromatic heterocycles. The molecule has 3 nitrogen and oxygen atoms in total. The van der Waals surface area contributed by atoms with Gasteiger partial charge in [0.1, 0.15) is 11.8 Å². The number of nitriles is 1. The molecule has 2 aromatic rings. The van der Waals surface area contributed by atoms with Gasteiger partial charge in [0.25, 0.3) is 0 Å².